The second-order valence-electron chi connectivity index (χ2n) is 6.15. The van der Waals surface area contributed by atoms with Crippen LogP contribution in [-0.4, -0.2) is 17.6 Å². The standard InChI is InChI=1S/C17H22FN3/c1-17(2,3)20-12-14-11-16(8-9-19-14)21(4)15-7-5-6-13(18)10-15/h5-11,20H,12H2,1-4H3. The first-order chi connectivity index (χ1) is 9.85. The average Bonchev–Trinajstić information content (AvgIpc) is 2.44. The van der Waals surface area contributed by atoms with Crippen molar-refractivity contribution in [2.75, 3.05) is 11.9 Å². The third kappa shape index (κ3) is 4.53. The van der Waals surface area contributed by atoms with Gasteiger partial charge in [-0.25, -0.2) is 4.39 Å². The van der Waals surface area contributed by atoms with Crippen LogP contribution >= 0.6 is 0 Å². The Morgan fingerprint density at radius 1 is 1.14 bits per heavy atom. The smallest absolute Gasteiger partial charge is 0.125 e. The van der Waals surface area contributed by atoms with Gasteiger partial charge in [0.15, 0.2) is 0 Å². The van der Waals surface area contributed by atoms with E-state index < -0.39 is 0 Å². The summed E-state index contributed by atoms with van der Waals surface area (Å²) in [6.07, 6.45) is 1.78. The molecule has 21 heavy (non-hydrogen) atoms. The summed E-state index contributed by atoms with van der Waals surface area (Å²) in [6.45, 7) is 7.06. The maximum atomic E-state index is 13.3. The molecule has 0 spiro atoms. The fourth-order valence-corrected chi connectivity index (χ4v) is 1.96. The first-order valence-electron chi connectivity index (χ1n) is 7.04. The van der Waals surface area contributed by atoms with Gasteiger partial charge in [-0.1, -0.05) is 6.07 Å². The van der Waals surface area contributed by atoms with E-state index >= 15 is 0 Å². The third-order valence-corrected chi connectivity index (χ3v) is 3.18. The molecule has 0 radical (unpaired) electrons. The molecule has 0 saturated carbocycles. The molecule has 0 saturated heterocycles. The van der Waals surface area contributed by atoms with Crippen molar-refractivity contribution in [2.45, 2.75) is 32.9 Å². The molecule has 4 heteroatoms. The summed E-state index contributed by atoms with van der Waals surface area (Å²) >= 11 is 0. The van der Waals surface area contributed by atoms with Gasteiger partial charge in [-0.15, -0.1) is 0 Å². The lowest BCUT2D eigenvalue weighted by Crippen LogP contribution is -2.35. The first-order valence-corrected chi connectivity index (χ1v) is 7.04. The van der Waals surface area contributed by atoms with E-state index in [0.29, 0.717) is 6.54 Å². The minimum absolute atomic E-state index is 0.0478. The number of nitrogens with one attached hydrogen (secondary N) is 1. The minimum atomic E-state index is -0.233. The molecular formula is C17H22FN3. The molecule has 112 valence electrons. The van der Waals surface area contributed by atoms with Gasteiger partial charge >= 0.3 is 0 Å². The van der Waals surface area contributed by atoms with Crippen LogP contribution < -0.4 is 10.2 Å². The van der Waals surface area contributed by atoms with E-state index in [1.54, 1.807) is 12.3 Å². The molecule has 0 bridgehead atoms. The van der Waals surface area contributed by atoms with Crippen molar-refractivity contribution < 1.29 is 4.39 Å². The highest BCUT2D eigenvalue weighted by molar-refractivity contribution is 5.62. The Hall–Kier alpha value is -1.94. The number of hydrogen-bond acceptors (Lipinski definition) is 3. The van der Waals surface area contributed by atoms with E-state index in [1.807, 2.05) is 30.1 Å². The number of nitrogens with zero attached hydrogens (tertiary/aromatic N) is 2. The van der Waals surface area contributed by atoms with Crippen LogP contribution in [0.3, 0.4) is 0 Å². The normalized spacial score (nSPS) is 11.5. The summed E-state index contributed by atoms with van der Waals surface area (Å²) in [7, 11) is 1.92. The minimum Gasteiger partial charge on any atom is -0.344 e. The Kier molecular flexibility index (Phi) is 4.58. The number of hydrogen-bond donors (Lipinski definition) is 1. The Balaban J connectivity index is 2.17. The molecule has 0 unspecified atom stereocenters. The van der Waals surface area contributed by atoms with Gasteiger partial charge in [-0.05, 0) is 51.1 Å². The molecule has 0 atom stereocenters. The van der Waals surface area contributed by atoms with Gasteiger partial charge in [0, 0.05) is 36.7 Å². The fraction of sp³-hybridized carbons (Fsp3) is 0.353. The predicted molar refractivity (Wildman–Crippen MR) is 85.3 cm³/mol. The number of anilines is 2. The van der Waals surface area contributed by atoms with E-state index in [2.05, 4.69) is 31.1 Å². The van der Waals surface area contributed by atoms with Crippen LogP contribution in [0.4, 0.5) is 15.8 Å². The highest BCUT2D eigenvalue weighted by Gasteiger charge is 2.10. The second-order valence-corrected chi connectivity index (χ2v) is 6.15. The predicted octanol–water partition coefficient (Wildman–Crippen LogP) is 3.88. The van der Waals surface area contributed by atoms with Gasteiger partial charge in [0.25, 0.3) is 0 Å². The quantitative estimate of drug-likeness (QED) is 0.925. The maximum absolute atomic E-state index is 13.3. The molecule has 0 amide bonds. The summed E-state index contributed by atoms with van der Waals surface area (Å²) in [5.41, 5.74) is 2.81. The van der Waals surface area contributed by atoms with Gasteiger partial charge in [-0.2, -0.15) is 0 Å². The SMILES string of the molecule is CN(c1cccc(F)c1)c1ccnc(CNC(C)(C)C)c1. The van der Waals surface area contributed by atoms with Crippen molar-refractivity contribution in [1.82, 2.24) is 10.3 Å². The van der Waals surface area contributed by atoms with E-state index in [0.717, 1.165) is 17.1 Å². The second kappa shape index (κ2) is 6.22. The van der Waals surface area contributed by atoms with Gasteiger partial charge in [0.2, 0.25) is 0 Å². The number of halogens is 1. The van der Waals surface area contributed by atoms with Gasteiger partial charge in [0.1, 0.15) is 5.82 Å². The van der Waals surface area contributed by atoms with Crippen LogP contribution in [0.5, 0.6) is 0 Å². The molecule has 1 heterocycles. The highest BCUT2D eigenvalue weighted by atomic mass is 19.1. The molecule has 1 aromatic heterocycles. The van der Waals surface area contributed by atoms with Crippen LogP contribution in [0.1, 0.15) is 26.5 Å². The summed E-state index contributed by atoms with van der Waals surface area (Å²) in [6, 6.07) is 10.5. The van der Waals surface area contributed by atoms with Gasteiger partial charge in [-0.3, -0.25) is 4.98 Å². The lowest BCUT2D eigenvalue weighted by atomic mass is 10.1. The third-order valence-electron chi connectivity index (χ3n) is 3.18. The zero-order chi connectivity index (χ0) is 15.5. The zero-order valence-corrected chi connectivity index (χ0v) is 13.0. The summed E-state index contributed by atoms with van der Waals surface area (Å²) in [5, 5.41) is 3.41. The van der Waals surface area contributed by atoms with Crippen LogP contribution in [0, 0.1) is 5.82 Å². The van der Waals surface area contributed by atoms with E-state index in [4.69, 9.17) is 0 Å². The molecule has 1 aromatic carbocycles. The van der Waals surface area contributed by atoms with Crippen LogP contribution in [-0.2, 0) is 6.54 Å². The fourth-order valence-electron chi connectivity index (χ4n) is 1.96. The highest BCUT2D eigenvalue weighted by Crippen LogP contribution is 2.24. The molecular weight excluding hydrogens is 265 g/mol. The number of aromatic nitrogens is 1. The Bertz CT molecular complexity index is 605. The largest absolute Gasteiger partial charge is 0.344 e. The molecule has 0 aliphatic heterocycles. The molecule has 0 aliphatic carbocycles. The van der Waals surface area contributed by atoms with Gasteiger partial charge in [0.05, 0.1) is 5.69 Å². The molecule has 0 aliphatic rings. The van der Waals surface area contributed by atoms with Crippen LogP contribution in [0.15, 0.2) is 42.6 Å². The summed E-state index contributed by atoms with van der Waals surface area (Å²) < 4.78 is 13.3. The van der Waals surface area contributed by atoms with Crippen molar-refractivity contribution >= 4 is 11.4 Å². The molecule has 2 rings (SSSR count). The number of benzene rings is 1. The lowest BCUT2D eigenvalue weighted by Gasteiger charge is -2.22. The summed E-state index contributed by atoms with van der Waals surface area (Å²) in [5.74, 6) is -0.233. The molecule has 1 N–H and O–H groups in total. The Morgan fingerprint density at radius 2 is 1.86 bits per heavy atom. The first kappa shape index (κ1) is 15.4. The Labute approximate surface area is 125 Å². The van der Waals surface area contributed by atoms with Gasteiger partial charge < -0.3 is 10.2 Å². The van der Waals surface area contributed by atoms with E-state index in [-0.39, 0.29) is 11.4 Å². The maximum Gasteiger partial charge on any atom is 0.125 e. The lowest BCUT2D eigenvalue weighted by molar-refractivity contribution is 0.421. The van der Waals surface area contributed by atoms with Crippen molar-refractivity contribution in [2.24, 2.45) is 0 Å². The van der Waals surface area contributed by atoms with Crippen LogP contribution in [0.25, 0.3) is 0 Å². The monoisotopic (exact) mass is 287 g/mol. The summed E-state index contributed by atoms with van der Waals surface area (Å²) in [4.78, 5) is 6.32. The van der Waals surface area contributed by atoms with E-state index in [9.17, 15) is 4.39 Å². The number of rotatable bonds is 4. The molecule has 0 fully saturated rings. The van der Waals surface area contributed by atoms with Crippen molar-refractivity contribution in [1.29, 1.82) is 0 Å². The molecule has 2 aromatic rings. The Morgan fingerprint density at radius 3 is 2.52 bits per heavy atom. The van der Waals surface area contributed by atoms with Crippen LogP contribution in [0.2, 0.25) is 0 Å². The number of pyridine rings is 1. The van der Waals surface area contributed by atoms with Crippen molar-refractivity contribution in [3.05, 3.63) is 54.1 Å². The van der Waals surface area contributed by atoms with Crippen molar-refractivity contribution in [3.63, 3.8) is 0 Å². The van der Waals surface area contributed by atoms with Crippen molar-refractivity contribution in [3.8, 4) is 0 Å². The topological polar surface area (TPSA) is 28.2 Å². The molecule has 3 nitrogen and oxygen atoms in total. The zero-order valence-electron chi connectivity index (χ0n) is 13.0. The average molecular weight is 287 g/mol. The van der Waals surface area contributed by atoms with E-state index in [1.165, 1.54) is 12.1 Å².